The molecule has 0 spiro atoms. The van der Waals surface area contributed by atoms with E-state index in [1.54, 1.807) is 13.2 Å². The van der Waals surface area contributed by atoms with Gasteiger partial charge in [-0.25, -0.2) is 4.39 Å². The van der Waals surface area contributed by atoms with E-state index in [1.165, 1.54) is 12.1 Å². The number of ether oxygens (including phenoxy) is 1. The highest BCUT2D eigenvalue weighted by molar-refractivity contribution is 5.44. The van der Waals surface area contributed by atoms with Gasteiger partial charge in [-0.05, 0) is 57.6 Å². The lowest BCUT2D eigenvalue weighted by Crippen LogP contribution is -2.27. The molecule has 1 atom stereocenters. The van der Waals surface area contributed by atoms with Gasteiger partial charge in [0.25, 0.3) is 0 Å². The predicted octanol–water partition coefficient (Wildman–Crippen LogP) is 2.71. The first-order chi connectivity index (χ1) is 9.11. The zero-order chi connectivity index (χ0) is 13.9. The maximum atomic E-state index is 13.5. The number of rotatable bonds is 2. The fourth-order valence-corrected chi connectivity index (χ4v) is 2.76. The summed E-state index contributed by atoms with van der Waals surface area (Å²) in [6, 6.07) is 6.86. The number of hydrogen-bond donors (Lipinski definition) is 0. The Labute approximate surface area is 113 Å². The van der Waals surface area contributed by atoms with Crippen LogP contribution in [0.3, 0.4) is 0 Å². The number of methoxy groups -OCH3 is 1. The van der Waals surface area contributed by atoms with Crippen molar-refractivity contribution in [3.63, 3.8) is 0 Å². The Balaban J connectivity index is 2.46. The summed E-state index contributed by atoms with van der Waals surface area (Å²) < 4.78 is 18.9. The van der Waals surface area contributed by atoms with Crippen LogP contribution < -0.4 is 4.74 Å². The van der Waals surface area contributed by atoms with E-state index in [0.29, 0.717) is 17.7 Å². The van der Waals surface area contributed by atoms with E-state index in [-0.39, 0.29) is 5.82 Å². The van der Waals surface area contributed by atoms with Crippen LogP contribution in [0.2, 0.25) is 0 Å². The Hall–Kier alpha value is -1.60. The predicted molar refractivity (Wildman–Crippen MR) is 71.6 cm³/mol. The van der Waals surface area contributed by atoms with Crippen molar-refractivity contribution in [2.45, 2.75) is 24.7 Å². The van der Waals surface area contributed by atoms with Crippen LogP contribution in [-0.4, -0.2) is 32.1 Å². The first-order valence-electron chi connectivity index (χ1n) is 6.55. The van der Waals surface area contributed by atoms with E-state index in [4.69, 9.17) is 4.74 Å². The fraction of sp³-hybridized carbons (Fsp3) is 0.533. The summed E-state index contributed by atoms with van der Waals surface area (Å²) in [5, 5.41) is 9.67. The molecule has 0 aliphatic carbocycles. The minimum Gasteiger partial charge on any atom is -0.496 e. The lowest BCUT2D eigenvalue weighted by Gasteiger charge is -2.27. The molecule has 1 aromatic carbocycles. The number of benzene rings is 1. The van der Waals surface area contributed by atoms with E-state index in [1.807, 2.05) is 0 Å². The van der Waals surface area contributed by atoms with Crippen molar-refractivity contribution in [2.24, 2.45) is 0 Å². The number of hydrogen-bond acceptors (Lipinski definition) is 3. The lowest BCUT2D eigenvalue weighted by atomic mass is 9.75. The second kappa shape index (κ2) is 5.58. The summed E-state index contributed by atoms with van der Waals surface area (Å²) in [6.45, 7) is 1.81. The van der Waals surface area contributed by atoms with Gasteiger partial charge in [0.15, 0.2) is 0 Å². The third kappa shape index (κ3) is 2.71. The molecular formula is C15H19FN2O. The van der Waals surface area contributed by atoms with Crippen molar-refractivity contribution < 1.29 is 9.13 Å². The van der Waals surface area contributed by atoms with E-state index < -0.39 is 5.41 Å². The van der Waals surface area contributed by atoms with Gasteiger partial charge in [0, 0.05) is 5.56 Å². The second-order valence-electron chi connectivity index (χ2n) is 5.20. The molecule has 4 heteroatoms. The monoisotopic (exact) mass is 262 g/mol. The Morgan fingerprint density at radius 3 is 2.84 bits per heavy atom. The maximum Gasteiger partial charge on any atom is 0.123 e. The molecule has 1 fully saturated rings. The van der Waals surface area contributed by atoms with Crippen molar-refractivity contribution in [1.82, 2.24) is 4.90 Å². The highest BCUT2D eigenvalue weighted by Gasteiger charge is 2.36. The van der Waals surface area contributed by atoms with E-state index in [2.05, 4.69) is 18.0 Å². The molecule has 1 aliphatic heterocycles. The van der Waals surface area contributed by atoms with Crippen LogP contribution in [0.15, 0.2) is 18.2 Å². The van der Waals surface area contributed by atoms with E-state index >= 15 is 0 Å². The van der Waals surface area contributed by atoms with Gasteiger partial charge in [0.05, 0.1) is 18.6 Å². The third-order valence-corrected chi connectivity index (χ3v) is 3.95. The average molecular weight is 262 g/mol. The number of halogens is 1. The summed E-state index contributed by atoms with van der Waals surface area (Å²) in [5.41, 5.74) is 0.0471. The average Bonchev–Trinajstić information content (AvgIpc) is 2.61. The molecule has 1 saturated heterocycles. The number of nitrogens with zero attached hydrogens (tertiary/aromatic N) is 2. The molecule has 1 aliphatic rings. The Morgan fingerprint density at radius 1 is 1.37 bits per heavy atom. The van der Waals surface area contributed by atoms with Crippen LogP contribution in [0.5, 0.6) is 5.75 Å². The molecule has 0 radical (unpaired) electrons. The quantitative estimate of drug-likeness (QED) is 0.822. The van der Waals surface area contributed by atoms with Gasteiger partial charge in [-0.1, -0.05) is 0 Å². The summed E-state index contributed by atoms with van der Waals surface area (Å²) in [5.74, 6) is 0.288. The zero-order valence-corrected chi connectivity index (χ0v) is 11.4. The Kier molecular flexibility index (Phi) is 4.06. The van der Waals surface area contributed by atoms with Gasteiger partial charge in [-0.15, -0.1) is 0 Å². The Bertz CT molecular complexity index is 497. The van der Waals surface area contributed by atoms with Crippen molar-refractivity contribution in [1.29, 1.82) is 5.26 Å². The van der Waals surface area contributed by atoms with Crippen molar-refractivity contribution in [3.05, 3.63) is 29.6 Å². The highest BCUT2D eigenvalue weighted by atomic mass is 19.1. The van der Waals surface area contributed by atoms with Crippen molar-refractivity contribution >= 4 is 0 Å². The van der Waals surface area contributed by atoms with Crippen LogP contribution in [-0.2, 0) is 5.41 Å². The van der Waals surface area contributed by atoms with Gasteiger partial charge < -0.3 is 9.64 Å². The number of likely N-dealkylation sites (tertiary alicyclic amines) is 1. The molecule has 0 amide bonds. The SMILES string of the molecule is COc1ccc(F)cc1C1(C#N)CCCN(C)CC1. The summed E-state index contributed by atoms with van der Waals surface area (Å²) in [4.78, 5) is 2.21. The minimum absolute atomic E-state index is 0.317. The van der Waals surface area contributed by atoms with Gasteiger partial charge in [-0.3, -0.25) is 0 Å². The molecule has 1 aromatic rings. The molecule has 0 N–H and O–H groups in total. The normalized spacial score (nSPS) is 24.5. The summed E-state index contributed by atoms with van der Waals surface area (Å²) >= 11 is 0. The van der Waals surface area contributed by atoms with Crippen molar-refractivity contribution in [3.8, 4) is 11.8 Å². The molecule has 1 heterocycles. The van der Waals surface area contributed by atoms with Crippen LogP contribution in [0.1, 0.15) is 24.8 Å². The van der Waals surface area contributed by atoms with Gasteiger partial charge in [-0.2, -0.15) is 5.26 Å². The van der Waals surface area contributed by atoms with Gasteiger partial charge >= 0.3 is 0 Å². The Morgan fingerprint density at radius 2 is 2.16 bits per heavy atom. The first-order valence-corrected chi connectivity index (χ1v) is 6.55. The lowest BCUT2D eigenvalue weighted by molar-refractivity contribution is 0.339. The summed E-state index contributed by atoms with van der Waals surface area (Å²) in [7, 11) is 3.61. The standard InChI is InChI=1S/C15H19FN2O/c1-18-8-3-6-15(11-17,7-9-18)13-10-12(16)4-5-14(13)19-2/h4-5,10H,3,6-9H2,1-2H3. The van der Waals surface area contributed by atoms with Crippen molar-refractivity contribution in [2.75, 3.05) is 27.2 Å². The third-order valence-electron chi connectivity index (χ3n) is 3.95. The highest BCUT2D eigenvalue weighted by Crippen LogP contribution is 2.40. The molecule has 1 unspecified atom stereocenters. The molecule has 0 aromatic heterocycles. The molecule has 0 bridgehead atoms. The molecule has 0 saturated carbocycles. The topological polar surface area (TPSA) is 36.3 Å². The molecule has 19 heavy (non-hydrogen) atoms. The van der Waals surface area contributed by atoms with Crippen LogP contribution >= 0.6 is 0 Å². The van der Waals surface area contributed by atoms with Crippen LogP contribution in [0.25, 0.3) is 0 Å². The second-order valence-corrected chi connectivity index (χ2v) is 5.20. The zero-order valence-electron chi connectivity index (χ0n) is 11.4. The molecule has 102 valence electrons. The van der Waals surface area contributed by atoms with Crippen LogP contribution in [0.4, 0.5) is 4.39 Å². The van der Waals surface area contributed by atoms with E-state index in [0.717, 1.165) is 25.9 Å². The van der Waals surface area contributed by atoms with E-state index in [9.17, 15) is 9.65 Å². The van der Waals surface area contributed by atoms with Crippen LogP contribution in [0, 0.1) is 17.1 Å². The van der Waals surface area contributed by atoms with Gasteiger partial charge in [0.1, 0.15) is 11.6 Å². The molecular weight excluding hydrogens is 243 g/mol. The minimum atomic E-state index is -0.641. The number of nitriles is 1. The summed E-state index contributed by atoms with van der Waals surface area (Å²) in [6.07, 6.45) is 2.39. The first kappa shape index (κ1) is 13.8. The fourth-order valence-electron chi connectivity index (χ4n) is 2.76. The molecule has 3 nitrogen and oxygen atoms in total. The van der Waals surface area contributed by atoms with Gasteiger partial charge in [0.2, 0.25) is 0 Å². The molecule has 2 rings (SSSR count). The smallest absolute Gasteiger partial charge is 0.123 e. The largest absolute Gasteiger partial charge is 0.496 e. The maximum absolute atomic E-state index is 13.5.